The normalized spacial score (nSPS) is 20.3. The van der Waals surface area contributed by atoms with Gasteiger partial charge in [-0.1, -0.05) is 12.1 Å². The van der Waals surface area contributed by atoms with E-state index in [0.717, 1.165) is 11.3 Å². The van der Waals surface area contributed by atoms with E-state index in [-0.39, 0.29) is 29.1 Å². The Balaban J connectivity index is 1.42. The fraction of sp³-hybridized carbons (Fsp3) is 0.348. The van der Waals surface area contributed by atoms with Crippen LogP contribution in [0.15, 0.2) is 66.1 Å². The van der Waals surface area contributed by atoms with Crippen LogP contribution < -0.4 is 5.32 Å². The summed E-state index contributed by atoms with van der Waals surface area (Å²) in [6.45, 7) is 6.22. The predicted octanol–water partition coefficient (Wildman–Crippen LogP) is 2.56. The predicted molar refractivity (Wildman–Crippen MR) is 122 cm³/mol. The van der Waals surface area contributed by atoms with Crippen LogP contribution in [0.25, 0.3) is 5.69 Å². The Kier molecular flexibility index (Phi) is 6.59. The fourth-order valence-corrected chi connectivity index (χ4v) is 5.47. The first kappa shape index (κ1) is 23.1. The maximum Gasteiger partial charge on any atom is 0.251 e. The van der Waals surface area contributed by atoms with Gasteiger partial charge in [0.25, 0.3) is 5.91 Å². The molecule has 1 aliphatic heterocycles. The van der Waals surface area contributed by atoms with Gasteiger partial charge in [-0.25, -0.2) is 18.1 Å². The van der Waals surface area contributed by atoms with E-state index in [4.69, 9.17) is 4.74 Å². The number of hydrogen-bond donors (Lipinski definition) is 1. The quantitative estimate of drug-likeness (QED) is 0.595. The second kappa shape index (κ2) is 9.42. The number of aromatic nitrogens is 3. The Labute approximate surface area is 193 Å². The fourth-order valence-electron chi connectivity index (χ4n) is 3.87. The average molecular weight is 470 g/mol. The molecule has 0 spiro atoms. The van der Waals surface area contributed by atoms with Crippen LogP contribution in [0.5, 0.6) is 0 Å². The summed E-state index contributed by atoms with van der Waals surface area (Å²) in [5.41, 5.74) is 2.20. The van der Waals surface area contributed by atoms with Gasteiger partial charge >= 0.3 is 0 Å². The maximum absolute atomic E-state index is 13.0. The first-order valence-electron chi connectivity index (χ1n) is 10.8. The first-order valence-corrected chi connectivity index (χ1v) is 12.2. The van der Waals surface area contributed by atoms with Gasteiger partial charge in [0.2, 0.25) is 10.0 Å². The zero-order valence-electron chi connectivity index (χ0n) is 18.7. The van der Waals surface area contributed by atoms with Gasteiger partial charge in [0.15, 0.2) is 0 Å². The summed E-state index contributed by atoms with van der Waals surface area (Å²) >= 11 is 0. The molecule has 0 aliphatic carbocycles. The molecule has 174 valence electrons. The third-order valence-corrected chi connectivity index (χ3v) is 7.41. The molecule has 3 atom stereocenters. The van der Waals surface area contributed by atoms with Crippen molar-refractivity contribution in [1.82, 2.24) is 24.4 Å². The molecular formula is C23H27N5O4S. The van der Waals surface area contributed by atoms with E-state index in [1.807, 2.05) is 45.0 Å². The Hall–Kier alpha value is -3.08. The number of hydrogen-bond acceptors (Lipinski definition) is 6. The molecule has 0 unspecified atom stereocenters. The van der Waals surface area contributed by atoms with Crippen molar-refractivity contribution in [2.24, 2.45) is 0 Å². The molecule has 1 aromatic heterocycles. The van der Waals surface area contributed by atoms with Gasteiger partial charge in [0.05, 0.1) is 28.8 Å². The molecule has 1 amide bonds. The number of sulfonamides is 1. The summed E-state index contributed by atoms with van der Waals surface area (Å²) in [5.74, 6) is -0.277. The van der Waals surface area contributed by atoms with Crippen LogP contribution >= 0.6 is 0 Å². The van der Waals surface area contributed by atoms with Crippen LogP contribution in [-0.2, 0) is 14.8 Å². The summed E-state index contributed by atoms with van der Waals surface area (Å²) in [6.07, 6.45) is 2.75. The average Bonchev–Trinajstić information content (AvgIpc) is 3.33. The van der Waals surface area contributed by atoms with Crippen molar-refractivity contribution in [2.75, 3.05) is 13.1 Å². The van der Waals surface area contributed by atoms with Gasteiger partial charge in [-0.2, -0.15) is 9.40 Å². The molecule has 0 saturated carbocycles. The summed E-state index contributed by atoms with van der Waals surface area (Å²) in [4.78, 5) is 16.8. The highest BCUT2D eigenvalue weighted by Gasteiger charge is 2.32. The highest BCUT2D eigenvalue weighted by Crippen LogP contribution is 2.22. The smallest absolute Gasteiger partial charge is 0.251 e. The van der Waals surface area contributed by atoms with Crippen LogP contribution in [0.2, 0.25) is 0 Å². The third kappa shape index (κ3) is 5.13. The third-order valence-electron chi connectivity index (χ3n) is 5.56. The van der Waals surface area contributed by atoms with Gasteiger partial charge in [-0.3, -0.25) is 4.79 Å². The number of benzene rings is 2. The van der Waals surface area contributed by atoms with Gasteiger partial charge in [0.1, 0.15) is 12.7 Å². The van der Waals surface area contributed by atoms with E-state index in [9.17, 15) is 13.2 Å². The maximum atomic E-state index is 13.0. The summed E-state index contributed by atoms with van der Waals surface area (Å²) < 4.78 is 34.7. The van der Waals surface area contributed by atoms with E-state index in [1.54, 1.807) is 11.0 Å². The number of carbonyl (C=O) groups excluding carboxylic acids is 1. The molecule has 2 heterocycles. The second-order valence-electron chi connectivity index (χ2n) is 8.23. The molecule has 2 aromatic carbocycles. The van der Waals surface area contributed by atoms with Crippen molar-refractivity contribution in [3.05, 3.63) is 72.3 Å². The van der Waals surface area contributed by atoms with Crippen molar-refractivity contribution in [3.63, 3.8) is 0 Å². The Morgan fingerprint density at radius 3 is 2.27 bits per heavy atom. The lowest BCUT2D eigenvalue weighted by molar-refractivity contribution is -0.0440. The lowest BCUT2D eigenvalue weighted by Gasteiger charge is -2.34. The molecule has 0 radical (unpaired) electrons. The minimum absolute atomic E-state index is 0.164. The van der Waals surface area contributed by atoms with Crippen molar-refractivity contribution < 1.29 is 17.9 Å². The number of ether oxygens (including phenoxy) is 1. The van der Waals surface area contributed by atoms with Crippen molar-refractivity contribution in [2.45, 2.75) is 43.9 Å². The van der Waals surface area contributed by atoms with Gasteiger partial charge in [-0.15, -0.1) is 0 Å². The van der Waals surface area contributed by atoms with Crippen LogP contribution in [-0.4, -0.2) is 58.7 Å². The largest absolute Gasteiger partial charge is 0.373 e. The van der Waals surface area contributed by atoms with Crippen LogP contribution in [0.1, 0.15) is 42.7 Å². The monoisotopic (exact) mass is 469 g/mol. The van der Waals surface area contributed by atoms with Gasteiger partial charge in [-0.05, 0) is 62.7 Å². The second-order valence-corrected chi connectivity index (χ2v) is 10.2. The molecule has 4 rings (SSSR count). The summed E-state index contributed by atoms with van der Waals surface area (Å²) in [6, 6.07) is 13.4. The molecule has 1 saturated heterocycles. The Bertz CT molecular complexity index is 1180. The Morgan fingerprint density at radius 1 is 1.06 bits per heavy atom. The molecule has 1 N–H and O–H groups in total. The lowest BCUT2D eigenvalue weighted by atomic mass is 10.1. The number of rotatable bonds is 6. The lowest BCUT2D eigenvalue weighted by Crippen LogP contribution is -2.48. The molecule has 10 heteroatoms. The number of amides is 1. The van der Waals surface area contributed by atoms with Crippen LogP contribution in [0.3, 0.4) is 0 Å². The van der Waals surface area contributed by atoms with E-state index >= 15 is 0 Å². The molecule has 1 fully saturated rings. The van der Waals surface area contributed by atoms with Crippen LogP contribution in [0.4, 0.5) is 0 Å². The number of morpholine rings is 1. The molecule has 33 heavy (non-hydrogen) atoms. The molecule has 9 nitrogen and oxygen atoms in total. The highest BCUT2D eigenvalue weighted by atomic mass is 32.2. The van der Waals surface area contributed by atoms with Crippen LogP contribution in [0, 0.1) is 0 Å². The topological polar surface area (TPSA) is 106 Å². The zero-order valence-corrected chi connectivity index (χ0v) is 19.6. The van der Waals surface area contributed by atoms with E-state index < -0.39 is 10.0 Å². The van der Waals surface area contributed by atoms with E-state index in [1.165, 1.54) is 34.9 Å². The molecular weight excluding hydrogens is 442 g/mol. The summed E-state index contributed by atoms with van der Waals surface area (Å²) in [7, 11) is -3.65. The standard InChI is InChI=1S/C23H27N5O4S/c1-16-12-27(13-17(2)32-16)33(30,31)22-10-6-20(7-11-22)23(29)26-18(3)19-4-8-21(9-5-19)28-15-24-14-25-28/h4-11,14-18H,12-13H2,1-3H3,(H,26,29)/t16-,17+,18-/m0/s1. The zero-order chi connectivity index (χ0) is 23.6. The van der Waals surface area contributed by atoms with Crippen molar-refractivity contribution in [1.29, 1.82) is 0 Å². The SMILES string of the molecule is C[C@@H]1CN(S(=O)(=O)c2ccc(C(=O)N[C@@H](C)c3ccc(-n4cncn4)cc3)cc2)C[C@H](C)O1. The van der Waals surface area contributed by atoms with Gasteiger partial charge in [0, 0.05) is 18.7 Å². The minimum atomic E-state index is -3.65. The van der Waals surface area contributed by atoms with Gasteiger partial charge < -0.3 is 10.1 Å². The Morgan fingerprint density at radius 2 is 1.70 bits per heavy atom. The van der Waals surface area contributed by atoms with E-state index in [2.05, 4.69) is 15.4 Å². The first-order chi connectivity index (χ1) is 15.7. The number of carbonyl (C=O) groups is 1. The summed E-state index contributed by atoms with van der Waals surface area (Å²) in [5, 5.41) is 7.04. The van der Waals surface area contributed by atoms with E-state index in [0.29, 0.717) is 18.7 Å². The molecule has 1 aliphatic rings. The van der Waals surface area contributed by atoms with Crippen molar-refractivity contribution in [3.8, 4) is 5.69 Å². The highest BCUT2D eigenvalue weighted by molar-refractivity contribution is 7.89. The number of nitrogens with zero attached hydrogens (tertiary/aromatic N) is 4. The van der Waals surface area contributed by atoms with Crippen molar-refractivity contribution >= 4 is 15.9 Å². The molecule has 0 bridgehead atoms. The number of nitrogens with one attached hydrogen (secondary N) is 1. The minimum Gasteiger partial charge on any atom is -0.373 e. The molecule has 3 aromatic rings.